The summed E-state index contributed by atoms with van der Waals surface area (Å²) < 4.78 is 40.9. The number of aromatic hydroxyl groups is 2. The molecule has 2 nitrogen and oxygen atoms in total. The average Bonchev–Trinajstić information content (AvgIpc) is 2.66. The Bertz CT molecular complexity index is 999. The van der Waals surface area contributed by atoms with Crippen LogP contribution in [0.2, 0.25) is 0 Å². The highest BCUT2D eigenvalue weighted by Gasteiger charge is 2.21. The van der Waals surface area contributed by atoms with Crippen LogP contribution in [0, 0.1) is 17.5 Å². The summed E-state index contributed by atoms with van der Waals surface area (Å²) in [5.41, 5.74) is 1.92. The molecule has 0 aliphatic rings. The molecule has 140 valence electrons. The van der Waals surface area contributed by atoms with Gasteiger partial charge in [0, 0.05) is 32.9 Å². The first-order chi connectivity index (χ1) is 12.9. The standard InChI is InChI=1S/C20H13Br2F3O2/c21-8-10-2-1-3-14(19(10)26)17-13(5-4-11(9-22)20(17)27)12-6-15(23)18(25)16(24)7-12/h1-7,26-27H,8-9H2. The van der Waals surface area contributed by atoms with Gasteiger partial charge in [0.15, 0.2) is 17.5 Å². The van der Waals surface area contributed by atoms with E-state index in [9.17, 15) is 23.4 Å². The molecule has 0 fully saturated rings. The molecule has 0 aliphatic heterocycles. The third-order valence-electron chi connectivity index (χ3n) is 4.23. The molecular formula is C20H13Br2F3O2. The second-order valence-electron chi connectivity index (χ2n) is 5.83. The van der Waals surface area contributed by atoms with E-state index in [4.69, 9.17) is 0 Å². The van der Waals surface area contributed by atoms with E-state index in [2.05, 4.69) is 31.9 Å². The largest absolute Gasteiger partial charge is 0.507 e. The quantitative estimate of drug-likeness (QED) is 0.311. The molecule has 0 spiro atoms. The number of hydrogen-bond acceptors (Lipinski definition) is 2. The Morgan fingerprint density at radius 3 is 1.93 bits per heavy atom. The summed E-state index contributed by atoms with van der Waals surface area (Å²) in [6.07, 6.45) is 0. The number of phenols is 2. The Balaban J connectivity index is 2.37. The number of benzene rings is 3. The van der Waals surface area contributed by atoms with Crippen molar-refractivity contribution >= 4 is 31.9 Å². The molecule has 3 rings (SSSR count). The van der Waals surface area contributed by atoms with Crippen molar-refractivity contribution in [3.8, 4) is 33.8 Å². The monoisotopic (exact) mass is 500 g/mol. The van der Waals surface area contributed by atoms with E-state index in [0.717, 1.165) is 12.1 Å². The minimum atomic E-state index is -1.56. The lowest BCUT2D eigenvalue weighted by molar-refractivity contribution is 0.447. The summed E-state index contributed by atoms with van der Waals surface area (Å²) in [6, 6.07) is 9.86. The molecular weight excluding hydrogens is 489 g/mol. The van der Waals surface area contributed by atoms with Crippen LogP contribution in [0.4, 0.5) is 13.2 Å². The van der Waals surface area contributed by atoms with Crippen molar-refractivity contribution in [3.63, 3.8) is 0 Å². The predicted octanol–water partition coefficient (Wildman–Crippen LogP) is 6.64. The minimum absolute atomic E-state index is 0.0430. The fourth-order valence-corrected chi connectivity index (χ4v) is 3.77. The SMILES string of the molecule is Oc1c(CBr)cccc1-c1c(-c2cc(F)c(F)c(F)c2)ccc(CBr)c1O. The Kier molecular flexibility index (Phi) is 5.81. The molecule has 0 aromatic heterocycles. The first kappa shape index (κ1) is 19.8. The van der Waals surface area contributed by atoms with Crippen LogP contribution in [0.5, 0.6) is 11.5 Å². The van der Waals surface area contributed by atoms with Crippen LogP contribution in [0.3, 0.4) is 0 Å². The number of rotatable bonds is 4. The van der Waals surface area contributed by atoms with E-state index in [1.54, 1.807) is 30.3 Å². The van der Waals surface area contributed by atoms with Crippen molar-refractivity contribution in [3.05, 3.63) is 71.0 Å². The third kappa shape index (κ3) is 3.58. The fourth-order valence-electron chi connectivity index (χ4n) is 2.87. The van der Waals surface area contributed by atoms with Crippen LogP contribution in [-0.2, 0) is 10.7 Å². The highest BCUT2D eigenvalue weighted by Crippen LogP contribution is 2.46. The van der Waals surface area contributed by atoms with Gasteiger partial charge in [-0.15, -0.1) is 0 Å². The molecule has 0 saturated heterocycles. The molecule has 27 heavy (non-hydrogen) atoms. The zero-order valence-electron chi connectivity index (χ0n) is 13.7. The highest BCUT2D eigenvalue weighted by molar-refractivity contribution is 9.08. The molecule has 0 saturated carbocycles. The molecule has 0 heterocycles. The van der Waals surface area contributed by atoms with Gasteiger partial charge in [-0.05, 0) is 23.3 Å². The molecule has 0 amide bonds. The summed E-state index contributed by atoms with van der Waals surface area (Å²) in [5.74, 6) is -4.44. The Morgan fingerprint density at radius 2 is 1.33 bits per heavy atom. The predicted molar refractivity (Wildman–Crippen MR) is 106 cm³/mol. The van der Waals surface area contributed by atoms with Gasteiger partial charge in [-0.25, -0.2) is 13.2 Å². The van der Waals surface area contributed by atoms with Crippen LogP contribution in [-0.4, -0.2) is 10.2 Å². The van der Waals surface area contributed by atoms with E-state index in [1.165, 1.54) is 0 Å². The van der Waals surface area contributed by atoms with Crippen molar-refractivity contribution < 1.29 is 23.4 Å². The molecule has 0 radical (unpaired) electrons. The Hall–Kier alpha value is -1.99. The lowest BCUT2D eigenvalue weighted by Gasteiger charge is -2.17. The molecule has 7 heteroatoms. The summed E-state index contributed by atoms with van der Waals surface area (Å²) in [5, 5.41) is 22.1. The summed E-state index contributed by atoms with van der Waals surface area (Å²) in [7, 11) is 0. The Morgan fingerprint density at radius 1 is 0.741 bits per heavy atom. The van der Waals surface area contributed by atoms with Gasteiger partial charge < -0.3 is 10.2 Å². The third-order valence-corrected chi connectivity index (χ3v) is 5.44. The van der Waals surface area contributed by atoms with Crippen LogP contribution in [0.25, 0.3) is 22.3 Å². The maximum atomic E-state index is 13.8. The number of phenolic OH excluding ortho intramolecular Hbond substituents is 2. The van der Waals surface area contributed by atoms with Crippen LogP contribution in [0.15, 0.2) is 42.5 Å². The van der Waals surface area contributed by atoms with Gasteiger partial charge in [0.2, 0.25) is 0 Å². The van der Waals surface area contributed by atoms with E-state index < -0.39 is 17.5 Å². The van der Waals surface area contributed by atoms with Gasteiger partial charge in [-0.3, -0.25) is 0 Å². The van der Waals surface area contributed by atoms with Gasteiger partial charge in [-0.1, -0.05) is 62.2 Å². The molecule has 3 aromatic rings. The number of alkyl halides is 2. The summed E-state index contributed by atoms with van der Waals surface area (Å²) in [4.78, 5) is 0. The first-order valence-corrected chi connectivity index (χ1v) is 10.1. The van der Waals surface area contributed by atoms with E-state index >= 15 is 0 Å². The van der Waals surface area contributed by atoms with Crippen molar-refractivity contribution in [2.24, 2.45) is 0 Å². The normalized spacial score (nSPS) is 11.0. The maximum Gasteiger partial charge on any atom is 0.194 e. The van der Waals surface area contributed by atoms with Crippen molar-refractivity contribution in [1.82, 2.24) is 0 Å². The summed E-state index contributed by atoms with van der Waals surface area (Å²) in [6.45, 7) is 0. The van der Waals surface area contributed by atoms with Gasteiger partial charge in [0.1, 0.15) is 11.5 Å². The van der Waals surface area contributed by atoms with Gasteiger partial charge in [-0.2, -0.15) is 0 Å². The summed E-state index contributed by atoms with van der Waals surface area (Å²) >= 11 is 6.56. The molecule has 0 bridgehead atoms. The number of para-hydroxylation sites is 1. The first-order valence-electron chi connectivity index (χ1n) is 7.82. The van der Waals surface area contributed by atoms with E-state index in [0.29, 0.717) is 27.4 Å². The fraction of sp³-hybridized carbons (Fsp3) is 0.100. The topological polar surface area (TPSA) is 40.5 Å². The number of hydrogen-bond donors (Lipinski definition) is 2. The number of halogens is 5. The lowest BCUT2D eigenvalue weighted by atomic mass is 9.90. The molecule has 0 aliphatic carbocycles. The van der Waals surface area contributed by atoms with Gasteiger partial charge in [0.25, 0.3) is 0 Å². The minimum Gasteiger partial charge on any atom is -0.507 e. The molecule has 2 N–H and O–H groups in total. The van der Waals surface area contributed by atoms with Crippen molar-refractivity contribution in [2.75, 3.05) is 0 Å². The average molecular weight is 502 g/mol. The molecule has 3 aromatic carbocycles. The van der Waals surface area contributed by atoms with E-state index in [-0.39, 0.29) is 28.2 Å². The molecule has 0 atom stereocenters. The van der Waals surface area contributed by atoms with Gasteiger partial charge in [0.05, 0.1) is 0 Å². The van der Waals surface area contributed by atoms with E-state index in [1.807, 2.05) is 0 Å². The maximum absolute atomic E-state index is 13.8. The Labute approximate surface area is 170 Å². The molecule has 0 unspecified atom stereocenters. The lowest BCUT2D eigenvalue weighted by Crippen LogP contribution is -1.96. The highest BCUT2D eigenvalue weighted by atomic mass is 79.9. The second kappa shape index (κ2) is 7.94. The van der Waals surface area contributed by atoms with Crippen LogP contribution < -0.4 is 0 Å². The smallest absolute Gasteiger partial charge is 0.194 e. The van der Waals surface area contributed by atoms with Crippen LogP contribution >= 0.6 is 31.9 Å². The van der Waals surface area contributed by atoms with Gasteiger partial charge >= 0.3 is 0 Å². The van der Waals surface area contributed by atoms with Crippen molar-refractivity contribution in [2.45, 2.75) is 10.7 Å². The zero-order valence-corrected chi connectivity index (χ0v) is 16.9. The zero-order chi connectivity index (χ0) is 19.7. The second-order valence-corrected chi connectivity index (χ2v) is 6.95. The van der Waals surface area contributed by atoms with Crippen LogP contribution in [0.1, 0.15) is 11.1 Å². The van der Waals surface area contributed by atoms with Crippen molar-refractivity contribution in [1.29, 1.82) is 0 Å².